The van der Waals surface area contributed by atoms with Gasteiger partial charge >= 0.3 is 0 Å². The van der Waals surface area contributed by atoms with Gasteiger partial charge in [0.15, 0.2) is 0 Å². The average molecular weight is 381 g/mol. The van der Waals surface area contributed by atoms with E-state index >= 15 is 0 Å². The minimum Gasteiger partial charge on any atom is -0.341 e. The van der Waals surface area contributed by atoms with E-state index in [9.17, 15) is 9.59 Å². The highest BCUT2D eigenvalue weighted by Crippen LogP contribution is 2.29. The summed E-state index contributed by atoms with van der Waals surface area (Å²) in [6, 6.07) is 9.37. The lowest BCUT2D eigenvalue weighted by Crippen LogP contribution is -2.41. The fraction of sp³-hybridized carbons (Fsp3) is 0.476. The number of carbonyl (C=O) groups excluding carboxylic acids is 2. The second-order valence-corrected chi connectivity index (χ2v) is 7.66. The Labute approximate surface area is 165 Å². The molecule has 0 bridgehead atoms. The molecule has 2 aromatic rings. The molecule has 2 saturated heterocycles. The second kappa shape index (κ2) is 8.14. The SMILES string of the molecule is Cn1cc([C@H]2CNC[C@@H]2C(=O)N2CCCN(C(=O)c3ccccc3)CC2)cn1. The first-order valence-electron chi connectivity index (χ1n) is 9.96. The smallest absolute Gasteiger partial charge is 0.253 e. The summed E-state index contributed by atoms with van der Waals surface area (Å²) < 4.78 is 1.79. The van der Waals surface area contributed by atoms with Crippen LogP contribution in [0.25, 0.3) is 0 Å². The summed E-state index contributed by atoms with van der Waals surface area (Å²) in [7, 11) is 1.90. The Hall–Kier alpha value is -2.67. The Morgan fingerprint density at radius 2 is 1.79 bits per heavy atom. The van der Waals surface area contributed by atoms with Gasteiger partial charge in [-0.25, -0.2) is 0 Å². The Morgan fingerprint density at radius 3 is 2.54 bits per heavy atom. The molecule has 0 spiro atoms. The van der Waals surface area contributed by atoms with E-state index in [4.69, 9.17) is 0 Å². The zero-order valence-corrected chi connectivity index (χ0v) is 16.3. The Balaban J connectivity index is 1.41. The van der Waals surface area contributed by atoms with Crippen LogP contribution in [-0.2, 0) is 11.8 Å². The molecule has 7 heteroatoms. The summed E-state index contributed by atoms with van der Waals surface area (Å²) in [5.41, 5.74) is 1.82. The molecule has 0 saturated carbocycles. The molecule has 2 aliphatic rings. The van der Waals surface area contributed by atoms with Crippen molar-refractivity contribution in [1.29, 1.82) is 0 Å². The average Bonchev–Trinajstić information content (AvgIpc) is 3.30. The summed E-state index contributed by atoms with van der Waals surface area (Å²) in [6.07, 6.45) is 4.67. The van der Waals surface area contributed by atoms with Crippen LogP contribution in [0.1, 0.15) is 28.3 Å². The van der Waals surface area contributed by atoms with E-state index in [1.807, 2.05) is 59.6 Å². The lowest BCUT2D eigenvalue weighted by atomic mass is 9.89. The van der Waals surface area contributed by atoms with Crippen molar-refractivity contribution in [3.8, 4) is 0 Å². The van der Waals surface area contributed by atoms with Crippen molar-refractivity contribution >= 4 is 11.8 Å². The number of rotatable bonds is 3. The number of hydrogen-bond donors (Lipinski definition) is 1. The number of nitrogens with one attached hydrogen (secondary N) is 1. The van der Waals surface area contributed by atoms with E-state index in [1.165, 1.54) is 0 Å². The molecule has 28 heavy (non-hydrogen) atoms. The zero-order chi connectivity index (χ0) is 19.5. The molecule has 0 unspecified atom stereocenters. The van der Waals surface area contributed by atoms with Crippen molar-refractivity contribution in [2.45, 2.75) is 12.3 Å². The fourth-order valence-electron chi connectivity index (χ4n) is 4.26. The van der Waals surface area contributed by atoms with Crippen LogP contribution in [0.3, 0.4) is 0 Å². The van der Waals surface area contributed by atoms with Crippen molar-refractivity contribution in [1.82, 2.24) is 24.9 Å². The normalized spacial score (nSPS) is 22.9. The van der Waals surface area contributed by atoms with Gasteiger partial charge in [-0.1, -0.05) is 18.2 Å². The molecule has 0 aliphatic carbocycles. The Bertz CT molecular complexity index is 834. The van der Waals surface area contributed by atoms with Gasteiger partial charge in [-0.05, 0) is 24.1 Å². The number of benzene rings is 1. The predicted octanol–water partition coefficient (Wildman–Crippen LogP) is 1.10. The topological polar surface area (TPSA) is 70.5 Å². The van der Waals surface area contributed by atoms with Gasteiger partial charge in [0, 0.05) is 64.0 Å². The van der Waals surface area contributed by atoms with Gasteiger partial charge < -0.3 is 15.1 Å². The summed E-state index contributed by atoms with van der Waals surface area (Å²) in [5.74, 6) is 0.325. The standard InChI is InChI=1S/C21H27N5O2/c1-24-15-17(12-23-24)18-13-22-14-19(18)21(28)26-9-5-8-25(10-11-26)20(27)16-6-3-2-4-7-16/h2-4,6-7,12,15,18-19,22H,5,8-11,13-14H2,1H3/t18-,19+/m1/s1. The maximum absolute atomic E-state index is 13.2. The zero-order valence-electron chi connectivity index (χ0n) is 16.3. The molecular weight excluding hydrogens is 354 g/mol. The van der Waals surface area contributed by atoms with Crippen LogP contribution < -0.4 is 5.32 Å². The van der Waals surface area contributed by atoms with Gasteiger partial charge in [-0.2, -0.15) is 5.10 Å². The fourth-order valence-corrected chi connectivity index (χ4v) is 4.26. The Morgan fingerprint density at radius 1 is 1.04 bits per heavy atom. The van der Waals surface area contributed by atoms with Crippen molar-refractivity contribution in [3.05, 3.63) is 53.9 Å². The first-order valence-corrected chi connectivity index (χ1v) is 9.96. The predicted molar refractivity (Wildman–Crippen MR) is 106 cm³/mol. The first-order chi connectivity index (χ1) is 13.6. The van der Waals surface area contributed by atoms with Gasteiger partial charge in [-0.3, -0.25) is 14.3 Å². The third-order valence-corrected chi connectivity index (χ3v) is 5.80. The highest BCUT2D eigenvalue weighted by atomic mass is 16.2. The van der Waals surface area contributed by atoms with Gasteiger partial charge in [0.25, 0.3) is 5.91 Å². The van der Waals surface area contributed by atoms with E-state index in [0.29, 0.717) is 38.3 Å². The maximum Gasteiger partial charge on any atom is 0.253 e. The first kappa shape index (κ1) is 18.7. The quantitative estimate of drug-likeness (QED) is 0.864. The third kappa shape index (κ3) is 3.80. The van der Waals surface area contributed by atoms with Crippen LogP contribution in [0.5, 0.6) is 0 Å². The number of amides is 2. The van der Waals surface area contributed by atoms with Gasteiger partial charge in [0.1, 0.15) is 0 Å². The molecule has 4 rings (SSSR count). The minimum atomic E-state index is -0.0689. The molecule has 2 fully saturated rings. The second-order valence-electron chi connectivity index (χ2n) is 7.66. The van der Waals surface area contributed by atoms with Crippen LogP contribution >= 0.6 is 0 Å². The molecule has 148 valence electrons. The summed E-state index contributed by atoms with van der Waals surface area (Å²) in [6.45, 7) is 4.06. The summed E-state index contributed by atoms with van der Waals surface area (Å²) >= 11 is 0. The lowest BCUT2D eigenvalue weighted by Gasteiger charge is -2.26. The summed E-state index contributed by atoms with van der Waals surface area (Å²) in [5, 5.41) is 7.63. The van der Waals surface area contributed by atoms with E-state index < -0.39 is 0 Å². The molecule has 2 amide bonds. The van der Waals surface area contributed by atoms with Gasteiger partial charge in [0.05, 0.1) is 12.1 Å². The lowest BCUT2D eigenvalue weighted by molar-refractivity contribution is -0.135. The van der Waals surface area contributed by atoms with E-state index in [0.717, 1.165) is 18.5 Å². The molecule has 7 nitrogen and oxygen atoms in total. The maximum atomic E-state index is 13.2. The minimum absolute atomic E-state index is 0.0469. The van der Waals surface area contributed by atoms with E-state index in [1.54, 1.807) is 4.68 Å². The molecule has 3 heterocycles. The molecule has 1 N–H and O–H groups in total. The molecule has 2 atom stereocenters. The van der Waals surface area contributed by atoms with Crippen molar-refractivity contribution in [3.63, 3.8) is 0 Å². The monoisotopic (exact) mass is 381 g/mol. The number of aryl methyl sites for hydroxylation is 1. The van der Waals surface area contributed by atoms with Crippen molar-refractivity contribution in [2.75, 3.05) is 39.3 Å². The molecular formula is C21H27N5O2. The van der Waals surface area contributed by atoms with Gasteiger partial charge in [0.2, 0.25) is 5.91 Å². The molecule has 1 aromatic heterocycles. The molecule has 0 radical (unpaired) electrons. The number of nitrogens with zero attached hydrogens (tertiary/aromatic N) is 4. The molecule has 2 aliphatic heterocycles. The largest absolute Gasteiger partial charge is 0.341 e. The molecule has 1 aromatic carbocycles. The Kier molecular flexibility index (Phi) is 5.43. The van der Waals surface area contributed by atoms with Crippen LogP contribution in [0.15, 0.2) is 42.7 Å². The highest BCUT2D eigenvalue weighted by molar-refractivity contribution is 5.94. The van der Waals surface area contributed by atoms with Crippen molar-refractivity contribution in [2.24, 2.45) is 13.0 Å². The third-order valence-electron chi connectivity index (χ3n) is 5.80. The van der Waals surface area contributed by atoms with Crippen molar-refractivity contribution < 1.29 is 9.59 Å². The van der Waals surface area contributed by atoms with Gasteiger partial charge in [-0.15, -0.1) is 0 Å². The van der Waals surface area contributed by atoms with E-state index in [-0.39, 0.29) is 23.7 Å². The van der Waals surface area contributed by atoms with E-state index in [2.05, 4.69) is 10.4 Å². The van der Waals surface area contributed by atoms with Crippen LogP contribution in [0, 0.1) is 5.92 Å². The highest BCUT2D eigenvalue weighted by Gasteiger charge is 2.37. The van der Waals surface area contributed by atoms with Crippen LogP contribution in [-0.4, -0.2) is 70.7 Å². The number of hydrogen-bond acceptors (Lipinski definition) is 4. The number of carbonyl (C=O) groups is 2. The van der Waals surface area contributed by atoms with Crippen LogP contribution in [0.4, 0.5) is 0 Å². The van der Waals surface area contributed by atoms with Crippen LogP contribution in [0.2, 0.25) is 0 Å². The number of aromatic nitrogens is 2. The summed E-state index contributed by atoms with van der Waals surface area (Å²) in [4.78, 5) is 29.8.